The van der Waals surface area contributed by atoms with Gasteiger partial charge in [0.2, 0.25) is 0 Å². The molecule has 0 fully saturated rings. The van der Waals surface area contributed by atoms with Crippen LogP contribution in [0.5, 0.6) is 5.75 Å². The van der Waals surface area contributed by atoms with Crippen molar-refractivity contribution in [1.82, 2.24) is 0 Å². The second kappa shape index (κ2) is 7.04. The zero-order chi connectivity index (χ0) is 14.4. The van der Waals surface area contributed by atoms with Crippen LogP contribution in [-0.2, 0) is 4.79 Å². The molecule has 0 aliphatic heterocycles. The van der Waals surface area contributed by atoms with Gasteiger partial charge in [0, 0.05) is 9.13 Å². The van der Waals surface area contributed by atoms with Gasteiger partial charge in [0.15, 0.2) is 6.61 Å². The van der Waals surface area contributed by atoms with E-state index in [9.17, 15) is 9.59 Å². The largest absolute Gasteiger partial charge is 0.484 e. The van der Waals surface area contributed by atoms with Crippen LogP contribution in [0.2, 0.25) is 0 Å². The fraction of sp³-hybridized carbons (Fsp3) is 0.0667. The monoisotopic (exact) mass is 381 g/mol. The van der Waals surface area contributed by atoms with Crippen LogP contribution >= 0.6 is 22.6 Å². The second-order valence-corrected chi connectivity index (χ2v) is 5.17. The Kier molecular flexibility index (Phi) is 5.11. The molecule has 102 valence electrons. The molecule has 0 saturated carbocycles. The van der Waals surface area contributed by atoms with E-state index in [2.05, 4.69) is 27.9 Å². The molecule has 2 aromatic rings. The summed E-state index contributed by atoms with van der Waals surface area (Å²) in [6.45, 7) is -0.0780. The van der Waals surface area contributed by atoms with Crippen LogP contribution in [-0.4, -0.2) is 18.8 Å². The average molecular weight is 381 g/mol. The number of para-hydroxylation sites is 1. The molecular weight excluding hydrogens is 369 g/mol. The highest BCUT2D eigenvalue weighted by Crippen LogP contribution is 2.17. The molecular formula is C15H12INO3. The number of aldehydes is 1. The molecule has 0 radical (unpaired) electrons. The Morgan fingerprint density at radius 1 is 1.15 bits per heavy atom. The third kappa shape index (κ3) is 4.06. The molecule has 0 unspecified atom stereocenters. The number of halogens is 1. The zero-order valence-electron chi connectivity index (χ0n) is 10.5. The van der Waals surface area contributed by atoms with Crippen molar-refractivity contribution in [2.75, 3.05) is 11.9 Å². The van der Waals surface area contributed by atoms with E-state index in [1.165, 1.54) is 0 Å². The van der Waals surface area contributed by atoms with Crippen molar-refractivity contribution in [3.63, 3.8) is 0 Å². The van der Waals surface area contributed by atoms with Gasteiger partial charge >= 0.3 is 0 Å². The minimum atomic E-state index is -0.228. The third-order valence-electron chi connectivity index (χ3n) is 2.53. The van der Waals surface area contributed by atoms with Crippen LogP contribution in [0.1, 0.15) is 10.4 Å². The molecule has 1 N–H and O–H groups in total. The summed E-state index contributed by atoms with van der Waals surface area (Å²) in [6, 6.07) is 14.1. The van der Waals surface area contributed by atoms with Gasteiger partial charge in [-0.2, -0.15) is 0 Å². The van der Waals surface area contributed by atoms with Gasteiger partial charge in [-0.3, -0.25) is 9.59 Å². The first-order chi connectivity index (χ1) is 9.69. The Balaban J connectivity index is 1.88. The molecule has 2 aromatic carbocycles. The highest BCUT2D eigenvalue weighted by atomic mass is 127. The van der Waals surface area contributed by atoms with Crippen LogP contribution in [0.15, 0.2) is 48.5 Å². The van der Waals surface area contributed by atoms with Crippen molar-refractivity contribution in [2.45, 2.75) is 0 Å². The standard InChI is InChI=1S/C15H12INO3/c16-13-3-1-2-4-14(13)17-15(19)10-20-12-7-5-11(9-18)6-8-12/h1-9H,10H2,(H,17,19). The molecule has 0 aliphatic carbocycles. The quantitative estimate of drug-likeness (QED) is 0.640. The number of hydrogen-bond donors (Lipinski definition) is 1. The summed E-state index contributed by atoms with van der Waals surface area (Å²) in [7, 11) is 0. The number of rotatable bonds is 5. The van der Waals surface area contributed by atoms with Crippen LogP contribution in [0.4, 0.5) is 5.69 Å². The molecule has 1 amide bonds. The molecule has 0 aromatic heterocycles. The van der Waals surface area contributed by atoms with Crippen LogP contribution < -0.4 is 10.1 Å². The number of amides is 1. The van der Waals surface area contributed by atoms with Crippen molar-refractivity contribution < 1.29 is 14.3 Å². The van der Waals surface area contributed by atoms with E-state index in [4.69, 9.17) is 4.74 Å². The van der Waals surface area contributed by atoms with Crippen LogP contribution in [0, 0.1) is 3.57 Å². The van der Waals surface area contributed by atoms with Gasteiger partial charge in [-0.1, -0.05) is 12.1 Å². The van der Waals surface area contributed by atoms with E-state index in [0.717, 1.165) is 15.5 Å². The first-order valence-electron chi connectivity index (χ1n) is 5.91. The normalized spacial score (nSPS) is 9.85. The molecule has 0 atom stereocenters. The third-order valence-corrected chi connectivity index (χ3v) is 3.47. The first-order valence-corrected chi connectivity index (χ1v) is 6.99. The highest BCUT2D eigenvalue weighted by molar-refractivity contribution is 14.1. The Bertz CT molecular complexity index is 611. The predicted molar refractivity (Wildman–Crippen MR) is 85.1 cm³/mol. The van der Waals surface area contributed by atoms with E-state index in [1.807, 2.05) is 24.3 Å². The number of carbonyl (C=O) groups is 2. The fourth-order valence-electron chi connectivity index (χ4n) is 1.54. The number of ether oxygens (including phenoxy) is 1. The first kappa shape index (κ1) is 14.5. The average Bonchev–Trinajstić information content (AvgIpc) is 2.48. The van der Waals surface area contributed by atoms with E-state index in [0.29, 0.717) is 11.3 Å². The fourth-order valence-corrected chi connectivity index (χ4v) is 2.06. The molecule has 20 heavy (non-hydrogen) atoms. The molecule has 0 aliphatic rings. The lowest BCUT2D eigenvalue weighted by atomic mass is 10.2. The summed E-state index contributed by atoms with van der Waals surface area (Å²) in [6.07, 6.45) is 0.758. The van der Waals surface area contributed by atoms with Gasteiger partial charge in [-0.05, 0) is 59.0 Å². The van der Waals surface area contributed by atoms with Gasteiger partial charge < -0.3 is 10.1 Å². The van der Waals surface area contributed by atoms with Gasteiger partial charge in [0.05, 0.1) is 5.69 Å². The SMILES string of the molecule is O=Cc1ccc(OCC(=O)Nc2ccccc2I)cc1. The molecule has 2 rings (SSSR count). The Morgan fingerprint density at radius 3 is 2.50 bits per heavy atom. The van der Waals surface area contributed by atoms with Crippen molar-refractivity contribution in [3.8, 4) is 5.75 Å². The van der Waals surface area contributed by atoms with E-state index in [1.54, 1.807) is 24.3 Å². The molecule has 5 heteroatoms. The van der Waals surface area contributed by atoms with Crippen LogP contribution in [0.3, 0.4) is 0 Å². The number of benzene rings is 2. The van der Waals surface area contributed by atoms with Crippen molar-refractivity contribution in [2.24, 2.45) is 0 Å². The Labute approximate surface area is 130 Å². The van der Waals surface area contributed by atoms with Crippen molar-refractivity contribution in [1.29, 1.82) is 0 Å². The number of hydrogen-bond acceptors (Lipinski definition) is 3. The predicted octanol–water partition coefficient (Wildman–Crippen LogP) is 3.12. The summed E-state index contributed by atoms with van der Waals surface area (Å²) >= 11 is 2.15. The maximum absolute atomic E-state index is 11.8. The topological polar surface area (TPSA) is 55.4 Å². The molecule has 0 heterocycles. The summed E-state index contributed by atoms with van der Waals surface area (Å²) in [5, 5.41) is 2.78. The summed E-state index contributed by atoms with van der Waals surface area (Å²) in [4.78, 5) is 22.3. The highest BCUT2D eigenvalue weighted by Gasteiger charge is 2.05. The lowest BCUT2D eigenvalue weighted by molar-refractivity contribution is -0.118. The number of nitrogens with one attached hydrogen (secondary N) is 1. The minimum Gasteiger partial charge on any atom is -0.484 e. The van der Waals surface area contributed by atoms with Gasteiger partial charge in [-0.25, -0.2) is 0 Å². The van der Waals surface area contributed by atoms with Crippen molar-refractivity contribution >= 4 is 40.5 Å². The van der Waals surface area contributed by atoms with E-state index < -0.39 is 0 Å². The summed E-state index contributed by atoms with van der Waals surface area (Å²) in [5.41, 5.74) is 1.33. The molecule has 0 bridgehead atoms. The zero-order valence-corrected chi connectivity index (χ0v) is 12.7. The lowest BCUT2D eigenvalue weighted by Gasteiger charge is -2.08. The Morgan fingerprint density at radius 2 is 1.85 bits per heavy atom. The van der Waals surface area contributed by atoms with Crippen molar-refractivity contribution in [3.05, 3.63) is 57.7 Å². The van der Waals surface area contributed by atoms with Gasteiger partial charge in [-0.15, -0.1) is 0 Å². The maximum atomic E-state index is 11.8. The molecule has 4 nitrogen and oxygen atoms in total. The van der Waals surface area contributed by atoms with Gasteiger partial charge in [0.1, 0.15) is 12.0 Å². The van der Waals surface area contributed by atoms with E-state index >= 15 is 0 Å². The summed E-state index contributed by atoms with van der Waals surface area (Å²) in [5.74, 6) is 0.321. The molecule has 0 saturated heterocycles. The number of anilines is 1. The second-order valence-electron chi connectivity index (χ2n) is 4.00. The van der Waals surface area contributed by atoms with Crippen LogP contribution in [0.25, 0.3) is 0 Å². The Hall–Kier alpha value is -1.89. The number of carbonyl (C=O) groups excluding carboxylic acids is 2. The lowest BCUT2D eigenvalue weighted by Crippen LogP contribution is -2.20. The molecule has 0 spiro atoms. The summed E-state index contributed by atoms with van der Waals surface area (Å²) < 4.78 is 6.32. The minimum absolute atomic E-state index is 0.0780. The van der Waals surface area contributed by atoms with E-state index in [-0.39, 0.29) is 12.5 Å². The smallest absolute Gasteiger partial charge is 0.262 e. The van der Waals surface area contributed by atoms with Gasteiger partial charge in [0.25, 0.3) is 5.91 Å². The maximum Gasteiger partial charge on any atom is 0.262 e.